The molecule has 1 aromatic heterocycles. The molecular formula is C12H16N2. The molecule has 0 bridgehead atoms. The molecule has 1 heterocycles. The van der Waals surface area contributed by atoms with Crippen molar-refractivity contribution in [2.45, 2.75) is 25.8 Å². The molecule has 0 amide bonds. The van der Waals surface area contributed by atoms with Gasteiger partial charge in [-0.3, -0.25) is 0 Å². The van der Waals surface area contributed by atoms with Gasteiger partial charge >= 0.3 is 0 Å². The van der Waals surface area contributed by atoms with Crippen molar-refractivity contribution in [2.24, 2.45) is 5.73 Å². The average molecular weight is 188 g/mol. The van der Waals surface area contributed by atoms with Gasteiger partial charge < -0.3 is 10.7 Å². The van der Waals surface area contributed by atoms with Crippen LogP contribution in [0, 0.1) is 0 Å². The molecule has 1 aromatic carbocycles. The van der Waals surface area contributed by atoms with E-state index in [4.69, 9.17) is 5.73 Å². The predicted molar refractivity (Wildman–Crippen MR) is 60.1 cm³/mol. The molecule has 0 fully saturated rings. The molecule has 0 radical (unpaired) electrons. The van der Waals surface area contributed by atoms with Crippen molar-refractivity contribution < 1.29 is 0 Å². The quantitative estimate of drug-likeness (QED) is 0.764. The summed E-state index contributed by atoms with van der Waals surface area (Å²) >= 11 is 0. The van der Waals surface area contributed by atoms with Crippen molar-refractivity contribution in [3.63, 3.8) is 0 Å². The highest BCUT2D eigenvalue weighted by Gasteiger charge is 2.08. The Hall–Kier alpha value is -1.28. The van der Waals surface area contributed by atoms with Crippen LogP contribution in [0.4, 0.5) is 0 Å². The molecule has 1 atom stereocenters. The lowest BCUT2D eigenvalue weighted by Crippen LogP contribution is -2.09. The molecule has 0 aliphatic rings. The highest BCUT2D eigenvalue weighted by molar-refractivity contribution is 5.83. The Balaban J connectivity index is 2.45. The van der Waals surface area contributed by atoms with Gasteiger partial charge in [0.25, 0.3) is 0 Å². The smallest absolute Gasteiger partial charge is 0.0457 e. The van der Waals surface area contributed by atoms with Gasteiger partial charge in [-0.1, -0.05) is 25.5 Å². The van der Waals surface area contributed by atoms with E-state index in [0.29, 0.717) is 0 Å². The number of nitrogens with one attached hydrogen (secondary N) is 1. The van der Waals surface area contributed by atoms with Crippen LogP contribution in [0.5, 0.6) is 0 Å². The van der Waals surface area contributed by atoms with Gasteiger partial charge in [-0.15, -0.1) is 0 Å². The van der Waals surface area contributed by atoms with Crippen LogP contribution in [0.25, 0.3) is 10.9 Å². The third-order valence-corrected chi connectivity index (χ3v) is 2.63. The Morgan fingerprint density at radius 3 is 3.00 bits per heavy atom. The van der Waals surface area contributed by atoms with Gasteiger partial charge in [0.05, 0.1) is 0 Å². The zero-order chi connectivity index (χ0) is 9.97. The summed E-state index contributed by atoms with van der Waals surface area (Å²) in [6.07, 6.45) is 4.14. The lowest BCUT2D eigenvalue weighted by atomic mass is 10.00. The summed E-state index contributed by atoms with van der Waals surface area (Å²) < 4.78 is 0. The summed E-state index contributed by atoms with van der Waals surface area (Å²) in [6, 6.07) is 8.53. The Labute approximate surface area is 84.1 Å². The van der Waals surface area contributed by atoms with Crippen molar-refractivity contribution in [2.75, 3.05) is 0 Å². The Kier molecular flexibility index (Phi) is 2.55. The maximum atomic E-state index is 6.12. The third kappa shape index (κ3) is 1.53. The summed E-state index contributed by atoms with van der Waals surface area (Å²) in [5.41, 5.74) is 8.55. The minimum absolute atomic E-state index is 0.166. The fraction of sp³-hybridized carbons (Fsp3) is 0.333. The fourth-order valence-electron chi connectivity index (χ4n) is 1.90. The van der Waals surface area contributed by atoms with Gasteiger partial charge in [-0.2, -0.15) is 0 Å². The van der Waals surface area contributed by atoms with Crippen LogP contribution in [0.3, 0.4) is 0 Å². The molecular weight excluding hydrogens is 172 g/mol. The van der Waals surface area contributed by atoms with Crippen LogP contribution in [0.1, 0.15) is 31.4 Å². The first-order valence-electron chi connectivity index (χ1n) is 5.14. The summed E-state index contributed by atoms with van der Waals surface area (Å²) in [5.74, 6) is 0. The highest BCUT2D eigenvalue weighted by atomic mass is 14.7. The lowest BCUT2D eigenvalue weighted by Gasteiger charge is -2.11. The molecule has 0 aliphatic heterocycles. The van der Waals surface area contributed by atoms with Gasteiger partial charge in [0.2, 0.25) is 0 Å². The number of aromatic amines is 1. The summed E-state index contributed by atoms with van der Waals surface area (Å²) in [7, 11) is 0. The lowest BCUT2D eigenvalue weighted by molar-refractivity contribution is 0.643. The second kappa shape index (κ2) is 3.84. The molecule has 0 saturated carbocycles. The van der Waals surface area contributed by atoms with Crippen molar-refractivity contribution in [3.8, 4) is 0 Å². The van der Waals surface area contributed by atoms with E-state index in [1.165, 1.54) is 16.5 Å². The molecule has 74 valence electrons. The minimum atomic E-state index is 0.166. The van der Waals surface area contributed by atoms with Crippen LogP contribution < -0.4 is 5.73 Å². The van der Waals surface area contributed by atoms with E-state index >= 15 is 0 Å². The number of benzene rings is 1. The molecule has 0 saturated heterocycles. The number of aromatic nitrogens is 1. The van der Waals surface area contributed by atoms with Gasteiger partial charge in [0.15, 0.2) is 0 Å². The number of fused-ring (bicyclic) bond motifs is 1. The maximum absolute atomic E-state index is 6.12. The van der Waals surface area contributed by atoms with Gasteiger partial charge in [-0.25, -0.2) is 0 Å². The summed E-state index contributed by atoms with van der Waals surface area (Å²) in [4.78, 5) is 3.20. The standard InChI is InChI=1S/C12H16N2/c1-2-4-11(13)9-5-3-6-12-10(9)7-8-14-12/h3,5-8,11,14H,2,4,13H2,1H3. The van der Waals surface area contributed by atoms with Crippen molar-refractivity contribution >= 4 is 10.9 Å². The average Bonchev–Trinajstić information content (AvgIpc) is 2.65. The Bertz CT molecular complexity index is 417. The second-order valence-corrected chi connectivity index (χ2v) is 3.68. The normalized spacial score (nSPS) is 13.3. The second-order valence-electron chi connectivity index (χ2n) is 3.68. The maximum Gasteiger partial charge on any atom is 0.0457 e. The van der Waals surface area contributed by atoms with Gasteiger partial charge in [-0.05, 0) is 24.1 Å². The highest BCUT2D eigenvalue weighted by Crippen LogP contribution is 2.24. The largest absolute Gasteiger partial charge is 0.361 e. The number of rotatable bonds is 3. The number of hydrogen-bond acceptors (Lipinski definition) is 1. The van der Waals surface area contributed by atoms with E-state index < -0.39 is 0 Å². The first-order valence-corrected chi connectivity index (χ1v) is 5.14. The summed E-state index contributed by atoms with van der Waals surface area (Å²) in [5, 5.41) is 1.26. The first kappa shape index (κ1) is 9.28. The molecule has 0 aliphatic carbocycles. The molecule has 1 unspecified atom stereocenters. The first-order chi connectivity index (χ1) is 6.83. The topological polar surface area (TPSA) is 41.8 Å². The number of nitrogens with two attached hydrogens (primary N) is 1. The van der Waals surface area contributed by atoms with Crippen molar-refractivity contribution in [1.29, 1.82) is 0 Å². The van der Waals surface area contributed by atoms with E-state index in [1.807, 2.05) is 6.20 Å². The van der Waals surface area contributed by atoms with Gasteiger partial charge in [0.1, 0.15) is 0 Å². The number of H-pyrrole nitrogens is 1. The van der Waals surface area contributed by atoms with E-state index in [-0.39, 0.29) is 6.04 Å². The molecule has 2 aromatic rings. The third-order valence-electron chi connectivity index (χ3n) is 2.63. The minimum Gasteiger partial charge on any atom is -0.361 e. The van der Waals surface area contributed by atoms with E-state index in [0.717, 1.165) is 12.8 Å². The zero-order valence-electron chi connectivity index (χ0n) is 8.46. The Morgan fingerprint density at radius 2 is 2.21 bits per heavy atom. The van der Waals surface area contributed by atoms with Crippen LogP contribution >= 0.6 is 0 Å². The fourth-order valence-corrected chi connectivity index (χ4v) is 1.90. The molecule has 0 spiro atoms. The monoisotopic (exact) mass is 188 g/mol. The predicted octanol–water partition coefficient (Wildman–Crippen LogP) is 2.97. The molecule has 3 N–H and O–H groups in total. The molecule has 2 rings (SSSR count). The SMILES string of the molecule is CCCC(N)c1cccc2[nH]ccc12. The Morgan fingerprint density at radius 1 is 1.36 bits per heavy atom. The van der Waals surface area contributed by atoms with Crippen LogP contribution in [-0.2, 0) is 0 Å². The van der Waals surface area contributed by atoms with E-state index in [9.17, 15) is 0 Å². The van der Waals surface area contributed by atoms with Gasteiger partial charge in [0, 0.05) is 23.1 Å². The van der Waals surface area contributed by atoms with Crippen molar-refractivity contribution in [3.05, 3.63) is 36.0 Å². The summed E-state index contributed by atoms with van der Waals surface area (Å²) in [6.45, 7) is 2.16. The van der Waals surface area contributed by atoms with E-state index in [2.05, 4.69) is 36.2 Å². The molecule has 2 heteroatoms. The molecule has 2 nitrogen and oxygen atoms in total. The molecule has 14 heavy (non-hydrogen) atoms. The van der Waals surface area contributed by atoms with E-state index in [1.54, 1.807) is 0 Å². The number of hydrogen-bond donors (Lipinski definition) is 2. The van der Waals surface area contributed by atoms with Crippen LogP contribution in [-0.4, -0.2) is 4.98 Å². The zero-order valence-corrected chi connectivity index (χ0v) is 8.46. The van der Waals surface area contributed by atoms with Crippen LogP contribution in [0.15, 0.2) is 30.5 Å². The van der Waals surface area contributed by atoms with Crippen molar-refractivity contribution in [1.82, 2.24) is 4.98 Å². The van der Waals surface area contributed by atoms with Crippen LogP contribution in [0.2, 0.25) is 0 Å².